The largest absolute Gasteiger partial charge is 0.354 e. The van der Waals surface area contributed by atoms with Crippen LogP contribution in [0.4, 0.5) is 0 Å². The summed E-state index contributed by atoms with van der Waals surface area (Å²) in [5, 5.41) is 2.62. The Morgan fingerprint density at radius 2 is 1.74 bits per heavy atom. The summed E-state index contributed by atoms with van der Waals surface area (Å²) in [6, 6.07) is 5.71. The van der Waals surface area contributed by atoms with Gasteiger partial charge in [-0.05, 0) is 24.3 Å². The Balaban J connectivity index is 2.68. The van der Waals surface area contributed by atoms with E-state index in [0.717, 1.165) is 6.26 Å². The van der Waals surface area contributed by atoms with Gasteiger partial charge in [-0.2, -0.15) is 0 Å². The quantitative estimate of drug-likeness (QED) is 0.768. The lowest BCUT2D eigenvalue weighted by atomic mass is 10.2. The number of carbonyl (C=O) groups is 1. The van der Waals surface area contributed by atoms with Crippen LogP contribution in [0.1, 0.15) is 10.4 Å². The SMILES string of the molecule is COC(CNC(=O)c1ccc(S(C)(=O)=O)cc1)OC. The van der Waals surface area contributed by atoms with Crippen LogP contribution >= 0.6 is 0 Å². The first kappa shape index (κ1) is 15.6. The Morgan fingerprint density at radius 1 is 1.21 bits per heavy atom. The van der Waals surface area contributed by atoms with Crippen molar-refractivity contribution >= 4 is 15.7 Å². The van der Waals surface area contributed by atoms with Gasteiger partial charge in [-0.25, -0.2) is 8.42 Å². The third-order valence-electron chi connectivity index (χ3n) is 2.50. The van der Waals surface area contributed by atoms with Gasteiger partial charge in [0, 0.05) is 26.0 Å². The summed E-state index contributed by atoms with van der Waals surface area (Å²) in [5.41, 5.74) is 0.373. The fourth-order valence-electron chi connectivity index (χ4n) is 1.39. The molecule has 1 amide bonds. The molecule has 0 aliphatic heterocycles. The van der Waals surface area contributed by atoms with Crippen molar-refractivity contribution in [3.63, 3.8) is 0 Å². The smallest absolute Gasteiger partial charge is 0.251 e. The van der Waals surface area contributed by atoms with Crippen molar-refractivity contribution in [3.8, 4) is 0 Å². The number of nitrogens with one attached hydrogen (secondary N) is 1. The van der Waals surface area contributed by atoms with Crippen molar-refractivity contribution in [2.75, 3.05) is 27.0 Å². The number of amides is 1. The van der Waals surface area contributed by atoms with Gasteiger partial charge in [0.25, 0.3) is 5.91 Å². The molecule has 0 bridgehead atoms. The first-order valence-electron chi connectivity index (χ1n) is 5.52. The average molecular weight is 287 g/mol. The zero-order chi connectivity index (χ0) is 14.5. The summed E-state index contributed by atoms with van der Waals surface area (Å²) in [6.07, 6.45) is 0.600. The monoisotopic (exact) mass is 287 g/mol. The van der Waals surface area contributed by atoms with Crippen LogP contribution in [-0.4, -0.2) is 47.6 Å². The lowest BCUT2D eigenvalue weighted by Gasteiger charge is -2.14. The molecule has 1 N–H and O–H groups in total. The highest BCUT2D eigenvalue weighted by Crippen LogP contribution is 2.10. The second kappa shape index (κ2) is 6.65. The van der Waals surface area contributed by atoms with Crippen molar-refractivity contribution < 1.29 is 22.7 Å². The molecule has 106 valence electrons. The topological polar surface area (TPSA) is 81.7 Å². The second-order valence-corrected chi connectivity index (χ2v) is 5.92. The summed E-state index contributed by atoms with van der Waals surface area (Å²) in [6.45, 7) is 0.208. The third-order valence-corrected chi connectivity index (χ3v) is 3.63. The fourth-order valence-corrected chi connectivity index (χ4v) is 2.02. The Bertz CT molecular complexity index is 520. The van der Waals surface area contributed by atoms with E-state index in [2.05, 4.69) is 5.32 Å². The fraction of sp³-hybridized carbons (Fsp3) is 0.417. The van der Waals surface area contributed by atoms with Crippen molar-refractivity contribution in [2.45, 2.75) is 11.2 Å². The van der Waals surface area contributed by atoms with E-state index in [4.69, 9.17) is 9.47 Å². The molecule has 0 saturated carbocycles. The molecule has 0 aliphatic rings. The Labute approximate surface area is 112 Å². The average Bonchev–Trinajstić information content (AvgIpc) is 2.39. The van der Waals surface area contributed by atoms with Crippen molar-refractivity contribution in [2.24, 2.45) is 0 Å². The molecule has 0 radical (unpaired) electrons. The molecule has 1 aromatic carbocycles. The lowest BCUT2D eigenvalue weighted by Crippen LogP contribution is -2.34. The van der Waals surface area contributed by atoms with Gasteiger partial charge in [0.05, 0.1) is 11.4 Å². The molecule has 19 heavy (non-hydrogen) atoms. The molecule has 0 atom stereocenters. The maximum absolute atomic E-state index is 11.8. The van der Waals surface area contributed by atoms with Crippen molar-refractivity contribution in [1.82, 2.24) is 5.32 Å². The summed E-state index contributed by atoms with van der Waals surface area (Å²) < 4.78 is 32.4. The van der Waals surface area contributed by atoms with E-state index in [1.54, 1.807) is 0 Å². The van der Waals surface area contributed by atoms with E-state index < -0.39 is 16.1 Å². The lowest BCUT2D eigenvalue weighted by molar-refractivity contribution is -0.0974. The number of hydrogen-bond donors (Lipinski definition) is 1. The van der Waals surface area contributed by atoms with Crippen LogP contribution in [0.5, 0.6) is 0 Å². The molecule has 0 spiro atoms. The van der Waals surface area contributed by atoms with Gasteiger partial charge in [0.2, 0.25) is 0 Å². The first-order valence-corrected chi connectivity index (χ1v) is 7.41. The zero-order valence-corrected chi connectivity index (χ0v) is 11.9. The second-order valence-electron chi connectivity index (χ2n) is 3.91. The molecule has 1 rings (SSSR count). The standard InChI is InChI=1S/C12H17NO5S/c1-17-11(18-2)8-13-12(14)9-4-6-10(7-5-9)19(3,15)16/h4-7,11H,8H2,1-3H3,(H,13,14). The highest BCUT2D eigenvalue weighted by Gasteiger charge is 2.11. The van der Waals surface area contributed by atoms with Crippen LogP contribution in [-0.2, 0) is 19.3 Å². The van der Waals surface area contributed by atoms with Crippen LogP contribution in [0, 0.1) is 0 Å². The molecule has 0 aromatic heterocycles. The molecule has 7 heteroatoms. The molecular formula is C12H17NO5S. The Hall–Kier alpha value is -1.44. The molecule has 0 unspecified atom stereocenters. The minimum Gasteiger partial charge on any atom is -0.354 e. The third kappa shape index (κ3) is 4.62. The van der Waals surface area contributed by atoms with Crippen LogP contribution in [0.3, 0.4) is 0 Å². The summed E-state index contributed by atoms with van der Waals surface area (Å²) in [5.74, 6) is -0.320. The van der Waals surface area contributed by atoms with Crippen molar-refractivity contribution in [3.05, 3.63) is 29.8 Å². The number of ether oxygens (including phenoxy) is 2. The summed E-state index contributed by atoms with van der Waals surface area (Å²) in [4.78, 5) is 11.9. The zero-order valence-electron chi connectivity index (χ0n) is 11.0. The molecule has 0 fully saturated rings. The van der Waals surface area contributed by atoms with Gasteiger partial charge >= 0.3 is 0 Å². The highest BCUT2D eigenvalue weighted by molar-refractivity contribution is 7.90. The number of hydrogen-bond acceptors (Lipinski definition) is 5. The van der Waals surface area contributed by atoms with Gasteiger partial charge in [-0.15, -0.1) is 0 Å². The van der Waals surface area contributed by atoms with E-state index in [9.17, 15) is 13.2 Å². The van der Waals surface area contributed by atoms with Gasteiger partial charge in [0.15, 0.2) is 16.1 Å². The number of methoxy groups -OCH3 is 2. The number of benzene rings is 1. The van der Waals surface area contributed by atoms with E-state index in [1.807, 2.05) is 0 Å². The van der Waals surface area contributed by atoms with Gasteiger partial charge in [-0.1, -0.05) is 0 Å². The van der Waals surface area contributed by atoms with Gasteiger partial charge < -0.3 is 14.8 Å². The van der Waals surface area contributed by atoms with Crippen LogP contribution in [0.2, 0.25) is 0 Å². The first-order chi connectivity index (χ1) is 8.88. The normalized spacial score (nSPS) is 11.6. The molecule has 6 nitrogen and oxygen atoms in total. The van der Waals surface area contributed by atoms with Crippen LogP contribution < -0.4 is 5.32 Å². The molecule has 0 aliphatic carbocycles. The molecule has 1 aromatic rings. The van der Waals surface area contributed by atoms with E-state index in [-0.39, 0.29) is 17.3 Å². The predicted octanol–water partition coefficient (Wildman–Crippen LogP) is 0.439. The summed E-state index contributed by atoms with van der Waals surface area (Å²) >= 11 is 0. The maximum Gasteiger partial charge on any atom is 0.251 e. The molecule has 0 heterocycles. The van der Waals surface area contributed by atoms with E-state index >= 15 is 0 Å². The van der Waals surface area contributed by atoms with Gasteiger partial charge in [0.1, 0.15) is 0 Å². The molecule has 0 saturated heterocycles. The predicted molar refractivity (Wildman–Crippen MR) is 69.7 cm³/mol. The molecular weight excluding hydrogens is 270 g/mol. The number of sulfone groups is 1. The van der Waals surface area contributed by atoms with Crippen LogP contribution in [0.15, 0.2) is 29.2 Å². The highest BCUT2D eigenvalue weighted by atomic mass is 32.2. The number of carbonyl (C=O) groups excluding carboxylic acids is 1. The Morgan fingerprint density at radius 3 is 2.16 bits per heavy atom. The Kier molecular flexibility index (Phi) is 5.46. The maximum atomic E-state index is 11.8. The van der Waals surface area contributed by atoms with Crippen molar-refractivity contribution in [1.29, 1.82) is 0 Å². The van der Waals surface area contributed by atoms with Crippen LogP contribution in [0.25, 0.3) is 0 Å². The van der Waals surface area contributed by atoms with Gasteiger partial charge in [-0.3, -0.25) is 4.79 Å². The van der Waals surface area contributed by atoms with E-state index in [1.165, 1.54) is 38.5 Å². The minimum atomic E-state index is -3.25. The number of rotatable bonds is 6. The summed E-state index contributed by atoms with van der Waals surface area (Å²) in [7, 11) is -0.304. The van der Waals surface area contributed by atoms with E-state index in [0.29, 0.717) is 5.56 Å². The minimum absolute atomic E-state index is 0.177.